The van der Waals surface area contributed by atoms with Crippen LogP contribution in [0.1, 0.15) is 24.4 Å². The van der Waals surface area contributed by atoms with E-state index in [0.717, 1.165) is 4.90 Å². The molecule has 1 fully saturated rings. The quantitative estimate of drug-likeness (QED) is 0.759. The molecular formula is C11H11BrN2O5. The highest BCUT2D eigenvalue weighted by Crippen LogP contribution is 2.35. The number of likely N-dealkylation sites (tertiary alicyclic amines) is 1. The van der Waals surface area contributed by atoms with E-state index >= 15 is 0 Å². The molecule has 2 atom stereocenters. The number of aromatic amines is 1. The van der Waals surface area contributed by atoms with Crippen LogP contribution in [-0.2, 0) is 4.79 Å². The first-order valence-corrected chi connectivity index (χ1v) is 6.33. The van der Waals surface area contributed by atoms with Gasteiger partial charge < -0.3 is 15.2 Å². The fourth-order valence-electron chi connectivity index (χ4n) is 2.35. The summed E-state index contributed by atoms with van der Waals surface area (Å²) in [6.07, 6.45) is 2.02. The number of carboxylic acids is 1. The molecule has 1 saturated heterocycles. The van der Waals surface area contributed by atoms with Gasteiger partial charge in [-0.15, -0.1) is 0 Å². The summed E-state index contributed by atoms with van der Waals surface area (Å²) in [5.74, 6) is -1.20. The van der Waals surface area contributed by atoms with Crippen LogP contribution in [0.25, 0.3) is 0 Å². The maximum absolute atomic E-state index is 12.0. The Morgan fingerprint density at radius 2 is 2.00 bits per heavy atom. The highest BCUT2D eigenvalue weighted by molar-refractivity contribution is 9.10. The van der Waals surface area contributed by atoms with Crippen LogP contribution in [0, 0.1) is 0 Å². The summed E-state index contributed by atoms with van der Waals surface area (Å²) in [5, 5.41) is 18.2. The zero-order chi connectivity index (χ0) is 14.2. The summed E-state index contributed by atoms with van der Waals surface area (Å²) in [4.78, 5) is 37.8. The number of carboxylic acid groups (broad SMARTS) is 2. The van der Waals surface area contributed by atoms with E-state index in [1.54, 1.807) is 0 Å². The molecule has 0 bridgehead atoms. The van der Waals surface area contributed by atoms with Crippen molar-refractivity contribution in [1.29, 1.82) is 0 Å². The molecular weight excluding hydrogens is 320 g/mol. The summed E-state index contributed by atoms with van der Waals surface area (Å²) in [5.41, 5.74) is -0.0819. The van der Waals surface area contributed by atoms with Gasteiger partial charge in [0.2, 0.25) is 5.43 Å². The molecule has 3 N–H and O–H groups in total. The standard InChI is InChI=1S/C11H11BrN2O5/c12-6-4-13-3-5(9(6)15)7-1-2-8(10(16)17)14(7)11(18)19/h3-4,7-8H,1-2H2,(H,13,15)(H,16,17)(H,18,19)/t7-,8+/m0/s1. The Morgan fingerprint density at radius 1 is 1.32 bits per heavy atom. The zero-order valence-corrected chi connectivity index (χ0v) is 11.3. The Bertz CT molecular complexity index is 585. The third-order valence-corrected chi connectivity index (χ3v) is 3.77. The number of nitrogens with zero attached hydrogens (tertiary/aromatic N) is 1. The molecule has 0 unspecified atom stereocenters. The largest absolute Gasteiger partial charge is 0.480 e. The molecule has 1 amide bonds. The Labute approximate surface area is 116 Å². The van der Waals surface area contributed by atoms with E-state index in [1.807, 2.05) is 0 Å². The number of H-pyrrole nitrogens is 1. The molecule has 8 heteroatoms. The van der Waals surface area contributed by atoms with Crippen LogP contribution < -0.4 is 5.43 Å². The first kappa shape index (κ1) is 13.6. The Balaban J connectivity index is 2.45. The molecule has 2 heterocycles. The lowest BCUT2D eigenvalue weighted by molar-refractivity contribution is -0.142. The number of aliphatic carboxylic acids is 1. The monoisotopic (exact) mass is 330 g/mol. The van der Waals surface area contributed by atoms with Crippen LogP contribution >= 0.6 is 15.9 Å². The number of carbonyl (C=O) groups is 2. The third-order valence-electron chi connectivity index (χ3n) is 3.18. The van der Waals surface area contributed by atoms with Gasteiger partial charge >= 0.3 is 12.1 Å². The molecule has 0 aliphatic carbocycles. The lowest BCUT2D eigenvalue weighted by Crippen LogP contribution is -2.42. The first-order chi connectivity index (χ1) is 8.93. The molecule has 0 saturated carbocycles. The molecule has 102 valence electrons. The molecule has 19 heavy (non-hydrogen) atoms. The van der Waals surface area contributed by atoms with Crippen LogP contribution in [0.15, 0.2) is 21.7 Å². The van der Waals surface area contributed by atoms with Gasteiger partial charge in [-0.05, 0) is 28.8 Å². The Kier molecular flexibility index (Phi) is 3.61. The molecule has 0 spiro atoms. The van der Waals surface area contributed by atoms with Crippen LogP contribution in [0.4, 0.5) is 4.79 Å². The predicted molar refractivity (Wildman–Crippen MR) is 68.0 cm³/mol. The van der Waals surface area contributed by atoms with E-state index in [2.05, 4.69) is 20.9 Å². The van der Waals surface area contributed by atoms with Gasteiger partial charge in [-0.2, -0.15) is 0 Å². The predicted octanol–water partition coefficient (Wildman–Crippen LogP) is 1.41. The average molecular weight is 331 g/mol. The second kappa shape index (κ2) is 5.04. The minimum Gasteiger partial charge on any atom is -0.480 e. The number of hydrogen-bond donors (Lipinski definition) is 3. The lowest BCUT2D eigenvalue weighted by Gasteiger charge is -2.24. The second-order valence-corrected chi connectivity index (χ2v) is 5.08. The highest BCUT2D eigenvalue weighted by atomic mass is 79.9. The van der Waals surface area contributed by atoms with E-state index in [1.165, 1.54) is 12.4 Å². The fourth-order valence-corrected chi connectivity index (χ4v) is 2.71. The number of halogens is 1. The number of pyridine rings is 1. The van der Waals surface area contributed by atoms with Crippen LogP contribution in [0.2, 0.25) is 0 Å². The summed E-state index contributed by atoms with van der Waals surface area (Å²) < 4.78 is 0.286. The number of amides is 1. The van der Waals surface area contributed by atoms with Gasteiger partial charge in [0.15, 0.2) is 0 Å². The third kappa shape index (κ3) is 2.35. The van der Waals surface area contributed by atoms with Crippen molar-refractivity contribution in [2.24, 2.45) is 0 Å². The number of rotatable bonds is 2. The van der Waals surface area contributed by atoms with Gasteiger partial charge in [-0.3, -0.25) is 9.69 Å². The van der Waals surface area contributed by atoms with E-state index in [9.17, 15) is 14.4 Å². The van der Waals surface area contributed by atoms with Crippen molar-refractivity contribution in [1.82, 2.24) is 9.88 Å². The maximum Gasteiger partial charge on any atom is 0.408 e. The summed E-state index contributed by atoms with van der Waals surface area (Å²) >= 11 is 3.07. The van der Waals surface area contributed by atoms with Gasteiger partial charge in [0.05, 0.1) is 10.5 Å². The minimum absolute atomic E-state index is 0.193. The van der Waals surface area contributed by atoms with Crippen LogP contribution in [0.5, 0.6) is 0 Å². The summed E-state index contributed by atoms with van der Waals surface area (Å²) in [6.45, 7) is 0. The number of aromatic nitrogens is 1. The maximum atomic E-state index is 12.0. The van der Waals surface area contributed by atoms with Gasteiger partial charge in [0.1, 0.15) is 6.04 Å². The van der Waals surface area contributed by atoms with Gasteiger partial charge in [-0.25, -0.2) is 9.59 Å². The summed E-state index contributed by atoms with van der Waals surface area (Å²) in [7, 11) is 0. The van der Waals surface area contributed by atoms with Crippen molar-refractivity contribution in [2.45, 2.75) is 24.9 Å². The van der Waals surface area contributed by atoms with Crippen molar-refractivity contribution in [2.75, 3.05) is 0 Å². The topological polar surface area (TPSA) is 111 Å². The van der Waals surface area contributed by atoms with E-state index < -0.39 is 24.1 Å². The molecule has 2 rings (SSSR count). The molecule has 1 aromatic rings. The lowest BCUT2D eigenvalue weighted by atomic mass is 10.1. The van der Waals surface area contributed by atoms with Crippen molar-refractivity contribution >= 4 is 28.0 Å². The first-order valence-electron chi connectivity index (χ1n) is 5.54. The van der Waals surface area contributed by atoms with Crippen LogP contribution in [0.3, 0.4) is 0 Å². The van der Waals surface area contributed by atoms with Crippen molar-refractivity contribution in [3.63, 3.8) is 0 Å². The highest BCUT2D eigenvalue weighted by Gasteiger charge is 2.42. The van der Waals surface area contributed by atoms with Gasteiger partial charge in [-0.1, -0.05) is 0 Å². The van der Waals surface area contributed by atoms with Crippen molar-refractivity contribution in [3.8, 4) is 0 Å². The SMILES string of the molecule is O=C(O)[C@H]1CC[C@@H](c2c[nH]cc(Br)c2=O)N1C(=O)O. The molecule has 7 nitrogen and oxygen atoms in total. The van der Waals surface area contributed by atoms with Crippen molar-refractivity contribution < 1.29 is 19.8 Å². The summed E-state index contributed by atoms with van der Waals surface area (Å²) in [6, 6.07) is -1.85. The Hall–Kier alpha value is -1.83. The fraction of sp³-hybridized carbons (Fsp3) is 0.364. The van der Waals surface area contributed by atoms with E-state index in [4.69, 9.17) is 10.2 Å². The molecule has 1 aliphatic heterocycles. The zero-order valence-electron chi connectivity index (χ0n) is 9.67. The normalized spacial score (nSPS) is 22.5. The molecule has 0 radical (unpaired) electrons. The number of nitrogens with one attached hydrogen (secondary N) is 1. The second-order valence-electron chi connectivity index (χ2n) is 4.22. The van der Waals surface area contributed by atoms with E-state index in [-0.39, 0.29) is 21.9 Å². The molecule has 1 aliphatic rings. The number of hydrogen-bond acceptors (Lipinski definition) is 3. The smallest absolute Gasteiger partial charge is 0.408 e. The van der Waals surface area contributed by atoms with Gasteiger partial charge in [0, 0.05) is 18.0 Å². The van der Waals surface area contributed by atoms with Crippen LogP contribution in [-0.4, -0.2) is 38.2 Å². The van der Waals surface area contributed by atoms with E-state index in [0.29, 0.717) is 6.42 Å². The Morgan fingerprint density at radius 3 is 2.58 bits per heavy atom. The minimum atomic E-state index is -1.34. The van der Waals surface area contributed by atoms with Crippen molar-refractivity contribution in [3.05, 3.63) is 32.7 Å². The molecule has 0 aromatic carbocycles. The van der Waals surface area contributed by atoms with Gasteiger partial charge in [0.25, 0.3) is 0 Å². The molecule has 1 aromatic heterocycles. The average Bonchev–Trinajstić information content (AvgIpc) is 2.77.